The summed E-state index contributed by atoms with van der Waals surface area (Å²) in [6.45, 7) is 3.70. The summed E-state index contributed by atoms with van der Waals surface area (Å²) in [5, 5.41) is 2.66. The van der Waals surface area contributed by atoms with Crippen molar-refractivity contribution >= 4 is 33.5 Å². The molecule has 19 heavy (non-hydrogen) atoms. The van der Waals surface area contributed by atoms with Crippen molar-refractivity contribution < 1.29 is 4.79 Å². The number of aromatic nitrogens is 2. The van der Waals surface area contributed by atoms with Crippen molar-refractivity contribution in [2.24, 2.45) is 0 Å². The molecular formula is C13H13BrN4O. The van der Waals surface area contributed by atoms with Crippen molar-refractivity contribution in [3.05, 3.63) is 45.7 Å². The molecule has 2 aromatic rings. The first kappa shape index (κ1) is 13.5. The van der Waals surface area contributed by atoms with E-state index in [2.05, 4.69) is 31.2 Å². The molecule has 1 aromatic heterocycles. The van der Waals surface area contributed by atoms with E-state index in [0.29, 0.717) is 15.7 Å². The van der Waals surface area contributed by atoms with Gasteiger partial charge in [-0.05, 0) is 54.0 Å². The Morgan fingerprint density at radius 3 is 2.47 bits per heavy atom. The summed E-state index contributed by atoms with van der Waals surface area (Å²) in [4.78, 5) is 20.5. The van der Waals surface area contributed by atoms with Crippen LogP contribution in [0.4, 0.5) is 11.6 Å². The van der Waals surface area contributed by atoms with Crippen molar-refractivity contribution in [2.45, 2.75) is 13.8 Å². The zero-order valence-corrected chi connectivity index (χ0v) is 12.2. The summed E-state index contributed by atoms with van der Waals surface area (Å²) < 4.78 is 0.670. The third-order valence-electron chi connectivity index (χ3n) is 2.44. The first-order valence-electron chi connectivity index (χ1n) is 5.64. The molecule has 3 N–H and O–H groups in total. The Bertz CT molecular complexity index is 622. The minimum absolute atomic E-state index is 0.289. The molecule has 98 valence electrons. The van der Waals surface area contributed by atoms with E-state index in [1.165, 1.54) is 0 Å². The number of nitrogens with zero attached hydrogens (tertiary/aromatic N) is 2. The Balaban J connectivity index is 2.28. The van der Waals surface area contributed by atoms with Crippen LogP contribution in [0.2, 0.25) is 0 Å². The number of aryl methyl sites for hydroxylation is 2. The molecule has 0 aliphatic heterocycles. The first-order valence-corrected chi connectivity index (χ1v) is 6.43. The van der Waals surface area contributed by atoms with Crippen molar-refractivity contribution in [3.8, 4) is 0 Å². The van der Waals surface area contributed by atoms with Crippen molar-refractivity contribution in [2.75, 3.05) is 11.1 Å². The van der Waals surface area contributed by atoms with Gasteiger partial charge in [-0.15, -0.1) is 0 Å². The van der Waals surface area contributed by atoms with E-state index in [-0.39, 0.29) is 11.9 Å². The van der Waals surface area contributed by atoms with Crippen molar-refractivity contribution in [1.82, 2.24) is 9.97 Å². The molecule has 0 aliphatic rings. The van der Waals surface area contributed by atoms with Crippen LogP contribution in [0.25, 0.3) is 0 Å². The summed E-state index contributed by atoms with van der Waals surface area (Å²) in [6.07, 6.45) is 0. The number of benzene rings is 1. The van der Waals surface area contributed by atoms with Gasteiger partial charge in [0.2, 0.25) is 5.95 Å². The second-order valence-electron chi connectivity index (χ2n) is 4.17. The molecule has 0 saturated heterocycles. The highest BCUT2D eigenvalue weighted by Gasteiger charge is 2.12. The van der Waals surface area contributed by atoms with Crippen LogP contribution in [0.15, 0.2) is 28.7 Å². The summed E-state index contributed by atoms with van der Waals surface area (Å²) in [6, 6.07) is 6.88. The number of carbonyl (C=O) groups is 1. The monoisotopic (exact) mass is 320 g/mol. The molecule has 0 fully saturated rings. The molecule has 0 atom stereocenters. The highest BCUT2D eigenvalue weighted by Crippen LogP contribution is 2.20. The van der Waals surface area contributed by atoms with E-state index in [4.69, 9.17) is 5.73 Å². The lowest BCUT2D eigenvalue weighted by Crippen LogP contribution is -2.15. The van der Waals surface area contributed by atoms with E-state index in [1.807, 2.05) is 19.9 Å². The number of hydrogen-bond donors (Lipinski definition) is 2. The summed E-state index contributed by atoms with van der Waals surface area (Å²) >= 11 is 3.32. The Morgan fingerprint density at radius 1 is 1.21 bits per heavy atom. The molecule has 0 aliphatic carbocycles. The van der Waals surface area contributed by atoms with Gasteiger partial charge in [-0.2, -0.15) is 0 Å². The molecule has 0 unspecified atom stereocenters. The van der Waals surface area contributed by atoms with E-state index in [1.54, 1.807) is 18.2 Å². The standard InChI is InChI=1S/C13H13BrN4O/c1-7-5-8(2)17-13(16-7)18-12(19)10-6-9(15)3-4-11(10)14/h3-6H,15H2,1-2H3,(H,16,17,18,19). The number of rotatable bonds is 2. The normalized spacial score (nSPS) is 10.3. The largest absolute Gasteiger partial charge is 0.399 e. The summed E-state index contributed by atoms with van der Waals surface area (Å²) in [5.41, 5.74) is 8.25. The van der Waals surface area contributed by atoms with E-state index < -0.39 is 0 Å². The third-order valence-corrected chi connectivity index (χ3v) is 3.13. The molecule has 0 bridgehead atoms. The predicted octanol–water partition coefficient (Wildman–Crippen LogP) is 2.69. The third kappa shape index (κ3) is 3.29. The molecule has 6 heteroatoms. The second-order valence-corrected chi connectivity index (χ2v) is 5.02. The molecule has 1 amide bonds. The van der Waals surface area contributed by atoms with Gasteiger partial charge in [-0.25, -0.2) is 9.97 Å². The number of nitrogens with one attached hydrogen (secondary N) is 1. The van der Waals surface area contributed by atoms with E-state index in [9.17, 15) is 4.79 Å². The van der Waals surface area contributed by atoms with Gasteiger partial charge in [-0.1, -0.05) is 0 Å². The number of anilines is 2. The minimum Gasteiger partial charge on any atom is -0.399 e. The van der Waals surface area contributed by atoms with Gasteiger partial charge in [0.05, 0.1) is 5.56 Å². The molecule has 5 nitrogen and oxygen atoms in total. The fourth-order valence-electron chi connectivity index (χ4n) is 1.67. The van der Waals surface area contributed by atoms with E-state index in [0.717, 1.165) is 11.4 Å². The summed E-state index contributed by atoms with van der Waals surface area (Å²) in [5.74, 6) is -0.0130. The van der Waals surface area contributed by atoms with Crippen LogP contribution in [0.3, 0.4) is 0 Å². The van der Waals surface area contributed by atoms with Gasteiger partial charge in [0.15, 0.2) is 0 Å². The fraction of sp³-hybridized carbons (Fsp3) is 0.154. The lowest BCUT2D eigenvalue weighted by molar-refractivity contribution is 0.102. The molecule has 1 heterocycles. The van der Waals surface area contributed by atoms with Crippen LogP contribution in [0.1, 0.15) is 21.7 Å². The number of carbonyl (C=O) groups excluding carboxylic acids is 1. The molecule has 1 aromatic carbocycles. The topological polar surface area (TPSA) is 80.9 Å². The van der Waals surface area contributed by atoms with Gasteiger partial charge in [0.1, 0.15) is 0 Å². The van der Waals surface area contributed by atoms with Gasteiger partial charge < -0.3 is 5.73 Å². The average molecular weight is 321 g/mol. The average Bonchev–Trinajstić information content (AvgIpc) is 2.30. The minimum atomic E-state index is -0.302. The predicted molar refractivity (Wildman–Crippen MR) is 78.0 cm³/mol. The smallest absolute Gasteiger partial charge is 0.259 e. The van der Waals surface area contributed by atoms with E-state index >= 15 is 0 Å². The van der Waals surface area contributed by atoms with Crippen molar-refractivity contribution in [3.63, 3.8) is 0 Å². The number of hydrogen-bond acceptors (Lipinski definition) is 4. The molecule has 2 rings (SSSR count). The van der Waals surface area contributed by atoms with Crippen LogP contribution in [-0.2, 0) is 0 Å². The Kier molecular flexibility index (Phi) is 3.80. The first-order chi connectivity index (χ1) is 8.95. The van der Waals surface area contributed by atoms with Gasteiger partial charge in [0.25, 0.3) is 5.91 Å². The lowest BCUT2D eigenvalue weighted by Gasteiger charge is -2.07. The van der Waals surface area contributed by atoms with Gasteiger partial charge in [-0.3, -0.25) is 10.1 Å². The number of halogens is 1. The van der Waals surface area contributed by atoms with Crippen LogP contribution < -0.4 is 11.1 Å². The Morgan fingerprint density at radius 2 is 1.84 bits per heavy atom. The quantitative estimate of drug-likeness (QED) is 0.833. The fourth-order valence-corrected chi connectivity index (χ4v) is 2.09. The van der Waals surface area contributed by atoms with Crippen molar-refractivity contribution in [1.29, 1.82) is 0 Å². The van der Waals surface area contributed by atoms with Crippen LogP contribution in [-0.4, -0.2) is 15.9 Å². The van der Waals surface area contributed by atoms with Gasteiger partial charge >= 0.3 is 0 Å². The number of amides is 1. The van der Waals surface area contributed by atoms with Crippen LogP contribution in [0.5, 0.6) is 0 Å². The summed E-state index contributed by atoms with van der Waals surface area (Å²) in [7, 11) is 0. The number of nitrogens with two attached hydrogens (primary N) is 1. The van der Waals surface area contributed by atoms with Crippen LogP contribution in [0, 0.1) is 13.8 Å². The Labute approximate surface area is 119 Å². The van der Waals surface area contributed by atoms with Crippen LogP contribution >= 0.6 is 15.9 Å². The number of nitrogen functional groups attached to an aromatic ring is 1. The lowest BCUT2D eigenvalue weighted by atomic mass is 10.2. The molecular weight excluding hydrogens is 308 g/mol. The zero-order chi connectivity index (χ0) is 14.0. The zero-order valence-electron chi connectivity index (χ0n) is 10.6. The maximum atomic E-state index is 12.1. The maximum Gasteiger partial charge on any atom is 0.259 e. The SMILES string of the molecule is Cc1cc(C)nc(NC(=O)c2cc(N)ccc2Br)n1. The highest BCUT2D eigenvalue weighted by atomic mass is 79.9. The van der Waals surface area contributed by atoms with Gasteiger partial charge in [0, 0.05) is 21.5 Å². The maximum absolute atomic E-state index is 12.1. The molecule has 0 radical (unpaired) electrons. The second kappa shape index (κ2) is 5.36. The Hall–Kier alpha value is -1.95. The molecule has 0 saturated carbocycles. The molecule has 0 spiro atoms. The highest BCUT2D eigenvalue weighted by molar-refractivity contribution is 9.10.